The van der Waals surface area contributed by atoms with Gasteiger partial charge >= 0.3 is 0 Å². The van der Waals surface area contributed by atoms with Crippen LogP contribution in [-0.2, 0) is 22.4 Å². The molecule has 0 aliphatic heterocycles. The van der Waals surface area contributed by atoms with Gasteiger partial charge in [0, 0.05) is 27.1 Å². The molecule has 1 aliphatic rings. The molecular formula is C25H27N3O2S2. The van der Waals surface area contributed by atoms with Gasteiger partial charge in [0.1, 0.15) is 22.0 Å². The number of rotatable bonds is 4. The Balaban J connectivity index is 1.87. The number of pyridine rings is 1. The maximum absolute atomic E-state index is 12.9. The summed E-state index contributed by atoms with van der Waals surface area (Å²) in [4.78, 5) is 20.4. The summed E-state index contributed by atoms with van der Waals surface area (Å²) in [5.41, 5.74) is 6.56. The van der Waals surface area contributed by atoms with Crippen molar-refractivity contribution in [2.45, 2.75) is 72.0 Å². The lowest BCUT2D eigenvalue weighted by molar-refractivity contribution is -0.138. The van der Waals surface area contributed by atoms with Crippen LogP contribution in [0.5, 0.6) is 0 Å². The van der Waals surface area contributed by atoms with Gasteiger partial charge in [0.15, 0.2) is 5.78 Å². The van der Waals surface area contributed by atoms with Crippen LogP contribution >= 0.6 is 23.1 Å². The number of thiophene rings is 1. The molecule has 5 rings (SSSR count). The number of hydrogen-bond acceptors (Lipinski definition) is 7. The second-order valence-corrected chi connectivity index (χ2v) is 11.2. The molecular weight excluding hydrogens is 438 g/mol. The van der Waals surface area contributed by atoms with Crippen molar-refractivity contribution in [2.75, 3.05) is 0 Å². The van der Waals surface area contributed by atoms with E-state index in [2.05, 4.69) is 20.9 Å². The second-order valence-electron chi connectivity index (χ2n) is 9.57. The van der Waals surface area contributed by atoms with Crippen molar-refractivity contribution in [1.82, 2.24) is 13.7 Å². The molecule has 7 heteroatoms. The zero-order chi connectivity index (χ0) is 22.6. The van der Waals surface area contributed by atoms with Crippen LogP contribution in [0.1, 0.15) is 68.3 Å². The molecule has 1 aliphatic carbocycles. The second kappa shape index (κ2) is 7.97. The van der Waals surface area contributed by atoms with Gasteiger partial charge in [-0.05, 0) is 83.6 Å². The van der Waals surface area contributed by atoms with Crippen molar-refractivity contribution < 1.29 is 9.53 Å². The molecule has 0 spiro atoms. The van der Waals surface area contributed by atoms with Crippen LogP contribution in [0.15, 0.2) is 18.2 Å². The van der Waals surface area contributed by atoms with Gasteiger partial charge in [0.25, 0.3) is 0 Å². The van der Waals surface area contributed by atoms with Gasteiger partial charge in [-0.2, -0.15) is 8.75 Å². The number of ether oxygens (including phenoxy) is 1. The lowest BCUT2D eigenvalue weighted by Gasteiger charge is -2.29. The van der Waals surface area contributed by atoms with Crippen LogP contribution in [0.4, 0.5) is 0 Å². The van der Waals surface area contributed by atoms with Crippen molar-refractivity contribution in [3.63, 3.8) is 0 Å². The molecule has 0 saturated heterocycles. The van der Waals surface area contributed by atoms with Crippen molar-refractivity contribution in [3.8, 4) is 11.1 Å². The molecule has 0 unspecified atom stereocenters. The number of aromatic nitrogens is 3. The summed E-state index contributed by atoms with van der Waals surface area (Å²) in [6, 6.07) is 6.21. The highest BCUT2D eigenvalue weighted by molar-refractivity contribution is 7.19. The molecule has 166 valence electrons. The normalized spacial score (nSPS) is 15.3. The minimum atomic E-state index is -0.676. The Labute approximate surface area is 196 Å². The smallest absolute Gasteiger partial charge is 0.163 e. The van der Waals surface area contributed by atoms with E-state index in [1.165, 1.54) is 40.4 Å². The number of carbonyl (C=O) groups excluding carboxylic acids is 1. The number of ketones is 1. The fourth-order valence-electron chi connectivity index (χ4n) is 4.67. The Kier molecular flexibility index (Phi) is 5.39. The molecule has 1 atom stereocenters. The van der Waals surface area contributed by atoms with Gasteiger partial charge < -0.3 is 4.74 Å². The number of carbonyl (C=O) groups is 1. The first-order valence-electron chi connectivity index (χ1n) is 11.1. The van der Waals surface area contributed by atoms with Crippen LogP contribution in [0, 0.1) is 6.92 Å². The molecule has 3 heterocycles. The van der Waals surface area contributed by atoms with Gasteiger partial charge in [-0.25, -0.2) is 4.98 Å². The highest BCUT2D eigenvalue weighted by Gasteiger charge is 2.32. The molecule has 0 amide bonds. The fraction of sp³-hybridized carbons (Fsp3) is 0.440. The predicted molar refractivity (Wildman–Crippen MR) is 132 cm³/mol. The average Bonchev–Trinajstić information content (AvgIpc) is 3.33. The van der Waals surface area contributed by atoms with Crippen LogP contribution in [-0.4, -0.2) is 25.1 Å². The molecule has 3 aromatic heterocycles. The Hall–Kier alpha value is -2.22. The van der Waals surface area contributed by atoms with E-state index in [4.69, 9.17) is 9.72 Å². The quantitative estimate of drug-likeness (QED) is 0.340. The lowest BCUT2D eigenvalue weighted by Crippen LogP contribution is -2.27. The van der Waals surface area contributed by atoms with Gasteiger partial charge in [0.05, 0.1) is 17.3 Å². The summed E-state index contributed by atoms with van der Waals surface area (Å²) in [5.74, 6) is -0.00840. The van der Waals surface area contributed by atoms with E-state index in [1.807, 2.05) is 45.1 Å². The van der Waals surface area contributed by atoms with Crippen molar-refractivity contribution in [2.24, 2.45) is 0 Å². The van der Waals surface area contributed by atoms with E-state index in [-0.39, 0.29) is 5.78 Å². The minimum absolute atomic E-state index is 0.00840. The van der Waals surface area contributed by atoms with Crippen LogP contribution in [0.3, 0.4) is 0 Å². The van der Waals surface area contributed by atoms with E-state index in [9.17, 15) is 4.79 Å². The molecule has 32 heavy (non-hydrogen) atoms. The van der Waals surface area contributed by atoms with Crippen molar-refractivity contribution in [3.05, 3.63) is 39.9 Å². The SMILES string of the molecule is CC(=O)[C@@H](OC(C)(C)C)c1c(C)nc2sc3c(c2c1-c1ccc2nsnc2c1)CCCC3. The topological polar surface area (TPSA) is 65.0 Å². The van der Waals surface area contributed by atoms with E-state index in [1.54, 1.807) is 6.92 Å². The Morgan fingerprint density at radius 3 is 2.62 bits per heavy atom. The summed E-state index contributed by atoms with van der Waals surface area (Å²) in [7, 11) is 0. The Bertz CT molecular complexity index is 1350. The van der Waals surface area contributed by atoms with E-state index in [0.29, 0.717) is 0 Å². The van der Waals surface area contributed by atoms with E-state index >= 15 is 0 Å². The number of benzene rings is 1. The molecule has 0 saturated carbocycles. The van der Waals surface area contributed by atoms with Crippen molar-refractivity contribution >= 4 is 50.1 Å². The summed E-state index contributed by atoms with van der Waals surface area (Å²) in [6.07, 6.45) is 3.89. The highest BCUT2D eigenvalue weighted by atomic mass is 32.1. The Morgan fingerprint density at radius 2 is 1.88 bits per heavy atom. The number of hydrogen-bond donors (Lipinski definition) is 0. The molecule has 1 aromatic carbocycles. The first kappa shape index (κ1) is 21.6. The summed E-state index contributed by atoms with van der Waals surface area (Å²) in [5, 5.41) is 1.19. The fourth-order valence-corrected chi connectivity index (χ4v) is 6.51. The highest BCUT2D eigenvalue weighted by Crippen LogP contribution is 2.46. The third-order valence-corrected chi connectivity index (χ3v) is 7.72. The largest absolute Gasteiger partial charge is 0.360 e. The van der Waals surface area contributed by atoms with Crippen LogP contribution in [0.2, 0.25) is 0 Å². The number of fused-ring (bicyclic) bond motifs is 4. The monoisotopic (exact) mass is 465 g/mol. The Morgan fingerprint density at radius 1 is 1.12 bits per heavy atom. The number of aryl methyl sites for hydroxylation is 3. The summed E-state index contributed by atoms with van der Waals surface area (Å²) in [6.45, 7) is 9.58. The van der Waals surface area contributed by atoms with E-state index < -0.39 is 11.7 Å². The molecule has 0 N–H and O–H groups in total. The molecule has 0 fully saturated rings. The van der Waals surface area contributed by atoms with Gasteiger partial charge in [-0.3, -0.25) is 4.79 Å². The lowest BCUT2D eigenvalue weighted by atomic mass is 9.87. The maximum Gasteiger partial charge on any atom is 0.163 e. The van der Waals surface area contributed by atoms with Crippen LogP contribution in [0.25, 0.3) is 32.4 Å². The van der Waals surface area contributed by atoms with Gasteiger partial charge in [0.2, 0.25) is 0 Å². The van der Waals surface area contributed by atoms with E-state index in [0.717, 1.165) is 51.1 Å². The molecule has 0 bridgehead atoms. The summed E-state index contributed by atoms with van der Waals surface area (Å²) >= 11 is 3.03. The maximum atomic E-state index is 12.9. The zero-order valence-electron chi connectivity index (χ0n) is 19.1. The first-order chi connectivity index (χ1) is 15.2. The minimum Gasteiger partial charge on any atom is -0.360 e. The van der Waals surface area contributed by atoms with Crippen LogP contribution < -0.4 is 0 Å². The third kappa shape index (κ3) is 3.76. The van der Waals surface area contributed by atoms with Gasteiger partial charge in [-0.1, -0.05) is 6.07 Å². The molecule has 5 nitrogen and oxygen atoms in total. The summed E-state index contributed by atoms with van der Waals surface area (Å²) < 4.78 is 15.2. The molecule has 0 radical (unpaired) electrons. The molecule has 4 aromatic rings. The predicted octanol–water partition coefficient (Wildman–Crippen LogP) is 6.60. The van der Waals surface area contributed by atoms with Gasteiger partial charge in [-0.15, -0.1) is 11.3 Å². The zero-order valence-corrected chi connectivity index (χ0v) is 20.7. The number of nitrogens with zero attached hydrogens (tertiary/aromatic N) is 3. The average molecular weight is 466 g/mol. The third-order valence-electron chi connectivity index (χ3n) is 5.98. The standard InChI is InChI=1S/C25H27N3O2S2/c1-13-20(23(14(2)29)30-25(3,4)5)21(15-10-11-17-18(12-15)28-32-27-17)22-16-8-6-7-9-19(16)31-24(22)26-13/h10-12,23H,6-9H2,1-5H3/t23-/m1/s1. The first-order valence-corrected chi connectivity index (χ1v) is 12.6. The van der Waals surface area contributed by atoms with Crippen molar-refractivity contribution in [1.29, 1.82) is 0 Å². The number of Topliss-reactive ketones (excluding diaryl/α,β-unsaturated/α-hetero) is 1.